The Bertz CT molecular complexity index is 622. The van der Waals surface area contributed by atoms with Crippen LogP contribution >= 0.6 is 0 Å². The van der Waals surface area contributed by atoms with Gasteiger partial charge in [0.25, 0.3) is 0 Å². The first-order chi connectivity index (χ1) is 10.9. The molecular formula is C16H24N2O4S. The molecule has 23 heavy (non-hydrogen) atoms. The van der Waals surface area contributed by atoms with Gasteiger partial charge in [0.15, 0.2) is 0 Å². The monoisotopic (exact) mass is 340 g/mol. The normalized spacial score (nSPS) is 18.3. The zero-order chi connectivity index (χ0) is 16.9. The van der Waals surface area contributed by atoms with Crippen molar-refractivity contribution in [1.82, 2.24) is 9.62 Å². The Hall–Kier alpha value is -1.44. The highest BCUT2D eigenvalue weighted by Gasteiger charge is 2.25. The van der Waals surface area contributed by atoms with Crippen molar-refractivity contribution in [2.45, 2.75) is 37.7 Å². The second kappa shape index (κ2) is 7.90. The minimum atomic E-state index is -3.66. The number of hydrogen-bond donors (Lipinski definition) is 1. The van der Waals surface area contributed by atoms with Gasteiger partial charge in [-0.15, -0.1) is 0 Å². The van der Waals surface area contributed by atoms with E-state index in [1.54, 1.807) is 31.2 Å². The second-order valence-corrected chi connectivity index (χ2v) is 7.62. The Balaban J connectivity index is 1.97. The van der Waals surface area contributed by atoms with Gasteiger partial charge in [0.2, 0.25) is 15.9 Å². The predicted octanol–water partition coefficient (Wildman–Crippen LogP) is 1.30. The summed E-state index contributed by atoms with van der Waals surface area (Å²) in [6.07, 6.45) is 1.98. The van der Waals surface area contributed by atoms with E-state index in [1.165, 1.54) is 4.31 Å². The van der Waals surface area contributed by atoms with Gasteiger partial charge in [0, 0.05) is 19.7 Å². The lowest BCUT2D eigenvalue weighted by Gasteiger charge is -2.20. The number of nitrogens with one attached hydrogen (secondary N) is 1. The SMILES string of the molecule is CCN(CC(=O)NCC1CCCO1)S(=O)(=O)c1ccc(C)cc1. The summed E-state index contributed by atoms with van der Waals surface area (Å²) < 4.78 is 31.8. The van der Waals surface area contributed by atoms with Crippen LogP contribution in [0.3, 0.4) is 0 Å². The number of likely N-dealkylation sites (N-methyl/N-ethyl adjacent to an activating group) is 1. The maximum Gasteiger partial charge on any atom is 0.243 e. The third-order valence-corrected chi connectivity index (χ3v) is 5.82. The van der Waals surface area contributed by atoms with E-state index < -0.39 is 10.0 Å². The Labute approximate surface area is 137 Å². The molecule has 1 aliphatic heterocycles. The van der Waals surface area contributed by atoms with Gasteiger partial charge in [-0.1, -0.05) is 24.6 Å². The van der Waals surface area contributed by atoms with E-state index in [0.717, 1.165) is 25.0 Å². The molecule has 6 nitrogen and oxygen atoms in total. The van der Waals surface area contributed by atoms with Gasteiger partial charge in [-0.25, -0.2) is 8.42 Å². The van der Waals surface area contributed by atoms with Crippen LogP contribution in [0.4, 0.5) is 0 Å². The Morgan fingerprint density at radius 1 is 1.35 bits per heavy atom. The summed E-state index contributed by atoms with van der Waals surface area (Å²) in [4.78, 5) is 12.2. The lowest BCUT2D eigenvalue weighted by atomic mass is 10.2. The predicted molar refractivity (Wildman–Crippen MR) is 87.6 cm³/mol. The molecule has 0 saturated carbocycles. The Morgan fingerprint density at radius 3 is 2.61 bits per heavy atom. The summed E-state index contributed by atoms with van der Waals surface area (Å²) in [5, 5.41) is 2.75. The van der Waals surface area contributed by atoms with Crippen molar-refractivity contribution in [3.8, 4) is 0 Å². The average molecular weight is 340 g/mol. The number of aryl methyl sites for hydroxylation is 1. The zero-order valence-electron chi connectivity index (χ0n) is 13.6. The molecule has 0 spiro atoms. The molecule has 0 radical (unpaired) electrons. The molecule has 0 aromatic heterocycles. The molecule has 1 aromatic carbocycles. The molecular weight excluding hydrogens is 316 g/mol. The molecule has 0 bridgehead atoms. The van der Waals surface area contributed by atoms with Crippen LogP contribution in [0.5, 0.6) is 0 Å². The van der Waals surface area contributed by atoms with Gasteiger partial charge in [0.1, 0.15) is 0 Å². The summed E-state index contributed by atoms with van der Waals surface area (Å²) in [5.74, 6) is -0.307. The van der Waals surface area contributed by atoms with Crippen molar-refractivity contribution in [3.63, 3.8) is 0 Å². The Morgan fingerprint density at radius 2 is 2.04 bits per heavy atom. The maximum absolute atomic E-state index is 12.6. The lowest BCUT2D eigenvalue weighted by molar-refractivity contribution is -0.121. The molecule has 1 heterocycles. The topological polar surface area (TPSA) is 75.7 Å². The fourth-order valence-corrected chi connectivity index (χ4v) is 3.88. The smallest absolute Gasteiger partial charge is 0.243 e. The summed E-state index contributed by atoms with van der Waals surface area (Å²) in [6.45, 7) is 4.83. The van der Waals surface area contributed by atoms with Crippen LogP contribution in [0.25, 0.3) is 0 Å². The van der Waals surface area contributed by atoms with Gasteiger partial charge in [-0.05, 0) is 31.9 Å². The van der Waals surface area contributed by atoms with Gasteiger partial charge in [-0.2, -0.15) is 4.31 Å². The third-order valence-electron chi connectivity index (χ3n) is 3.88. The molecule has 7 heteroatoms. The molecule has 1 fully saturated rings. The van der Waals surface area contributed by atoms with Crippen LogP contribution in [0, 0.1) is 6.92 Å². The number of sulfonamides is 1. The molecule has 0 aliphatic carbocycles. The van der Waals surface area contributed by atoms with Crippen LogP contribution in [0.2, 0.25) is 0 Å². The van der Waals surface area contributed by atoms with E-state index in [9.17, 15) is 13.2 Å². The first kappa shape index (κ1) is 17.9. The highest BCUT2D eigenvalue weighted by molar-refractivity contribution is 7.89. The zero-order valence-corrected chi connectivity index (χ0v) is 14.4. The van der Waals surface area contributed by atoms with Crippen LogP contribution in [0.15, 0.2) is 29.2 Å². The minimum Gasteiger partial charge on any atom is -0.376 e. The lowest BCUT2D eigenvalue weighted by Crippen LogP contribution is -2.42. The van der Waals surface area contributed by atoms with E-state index in [0.29, 0.717) is 6.54 Å². The number of nitrogens with zero attached hydrogens (tertiary/aromatic N) is 1. The summed E-state index contributed by atoms with van der Waals surface area (Å²) >= 11 is 0. The quantitative estimate of drug-likeness (QED) is 0.812. The number of ether oxygens (including phenoxy) is 1. The molecule has 1 amide bonds. The number of carbonyl (C=O) groups excluding carboxylic acids is 1. The molecule has 1 N–H and O–H groups in total. The van der Waals surface area contributed by atoms with E-state index in [1.807, 2.05) is 6.92 Å². The number of amides is 1. The molecule has 2 rings (SSSR count). The molecule has 1 saturated heterocycles. The first-order valence-corrected chi connectivity index (χ1v) is 9.32. The van der Waals surface area contributed by atoms with E-state index in [2.05, 4.69) is 5.32 Å². The van der Waals surface area contributed by atoms with Gasteiger partial charge in [-0.3, -0.25) is 4.79 Å². The van der Waals surface area contributed by atoms with Crippen LogP contribution in [0.1, 0.15) is 25.3 Å². The van der Waals surface area contributed by atoms with Crippen molar-refractivity contribution in [3.05, 3.63) is 29.8 Å². The van der Waals surface area contributed by atoms with Crippen molar-refractivity contribution in [1.29, 1.82) is 0 Å². The number of rotatable bonds is 7. The number of hydrogen-bond acceptors (Lipinski definition) is 4. The highest BCUT2D eigenvalue weighted by Crippen LogP contribution is 2.16. The van der Waals surface area contributed by atoms with Gasteiger partial charge < -0.3 is 10.1 Å². The molecule has 1 aromatic rings. The van der Waals surface area contributed by atoms with Crippen molar-refractivity contribution < 1.29 is 17.9 Å². The van der Waals surface area contributed by atoms with Crippen molar-refractivity contribution in [2.75, 3.05) is 26.2 Å². The molecule has 1 atom stereocenters. The summed E-state index contributed by atoms with van der Waals surface area (Å²) in [6, 6.07) is 6.63. The van der Waals surface area contributed by atoms with E-state index >= 15 is 0 Å². The minimum absolute atomic E-state index is 0.0442. The van der Waals surface area contributed by atoms with Crippen molar-refractivity contribution >= 4 is 15.9 Å². The Kier molecular flexibility index (Phi) is 6.15. The van der Waals surface area contributed by atoms with Crippen LogP contribution in [-0.2, 0) is 19.6 Å². The van der Waals surface area contributed by atoms with Gasteiger partial charge in [0.05, 0.1) is 17.5 Å². The first-order valence-electron chi connectivity index (χ1n) is 7.88. The average Bonchev–Trinajstić information content (AvgIpc) is 3.04. The van der Waals surface area contributed by atoms with E-state index in [4.69, 9.17) is 4.74 Å². The molecule has 1 unspecified atom stereocenters. The third kappa shape index (κ3) is 4.76. The second-order valence-electron chi connectivity index (χ2n) is 5.68. The van der Waals surface area contributed by atoms with Crippen LogP contribution in [-0.4, -0.2) is 51.0 Å². The summed E-state index contributed by atoms with van der Waals surface area (Å²) in [5.41, 5.74) is 0.987. The fourth-order valence-electron chi connectivity index (χ4n) is 2.48. The van der Waals surface area contributed by atoms with Gasteiger partial charge >= 0.3 is 0 Å². The molecule has 128 valence electrons. The standard InChI is InChI=1S/C16H24N2O4S/c1-3-18(12-16(19)17-11-14-5-4-10-22-14)23(20,21)15-8-6-13(2)7-9-15/h6-9,14H,3-5,10-12H2,1-2H3,(H,17,19). The summed E-state index contributed by atoms with van der Waals surface area (Å²) in [7, 11) is -3.66. The molecule has 1 aliphatic rings. The maximum atomic E-state index is 12.6. The largest absolute Gasteiger partial charge is 0.376 e. The van der Waals surface area contributed by atoms with E-state index in [-0.39, 0.29) is 30.0 Å². The van der Waals surface area contributed by atoms with Crippen LogP contribution < -0.4 is 5.32 Å². The fraction of sp³-hybridized carbons (Fsp3) is 0.562. The number of carbonyl (C=O) groups is 1. The number of benzene rings is 1. The van der Waals surface area contributed by atoms with Crippen molar-refractivity contribution in [2.24, 2.45) is 0 Å². The highest BCUT2D eigenvalue weighted by atomic mass is 32.2.